The summed E-state index contributed by atoms with van der Waals surface area (Å²) in [5, 5.41) is 4.12. The van der Waals surface area contributed by atoms with Gasteiger partial charge in [0.15, 0.2) is 5.84 Å². The number of alkyl halides is 3. The van der Waals surface area contributed by atoms with Gasteiger partial charge in [-0.1, -0.05) is 6.07 Å². The summed E-state index contributed by atoms with van der Waals surface area (Å²) in [6.07, 6.45) is -0.386. The molecule has 0 fully saturated rings. The molecule has 3 rings (SSSR count). The molecule has 0 unspecified atom stereocenters. The highest BCUT2D eigenvalue weighted by atomic mass is 19.4. The van der Waals surface area contributed by atoms with Crippen LogP contribution in [0.2, 0.25) is 0 Å². The highest BCUT2D eigenvalue weighted by Gasteiger charge is 2.32. The van der Waals surface area contributed by atoms with Crippen LogP contribution >= 0.6 is 0 Å². The Bertz CT molecular complexity index is 707. The van der Waals surface area contributed by atoms with Crippen molar-refractivity contribution in [1.29, 1.82) is 0 Å². The molecule has 7 nitrogen and oxygen atoms in total. The molecule has 120 valence electrons. The van der Waals surface area contributed by atoms with E-state index in [1.165, 1.54) is 23.6 Å². The Balaban J connectivity index is 1.66. The standard InChI is InChI=1S/C13H11F3N6O/c14-13(15,16)10-2-1-8(3-18-10)4-20-22-7-17-5-9-12(22)19-6-11(23)21-9/h1-3,5,7,20H,4,6H2,(H,21,23). The van der Waals surface area contributed by atoms with Gasteiger partial charge in [0.1, 0.15) is 24.3 Å². The Morgan fingerprint density at radius 3 is 2.87 bits per heavy atom. The van der Waals surface area contributed by atoms with Crippen molar-refractivity contribution in [3.05, 3.63) is 41.5 Å². The van der Waals surface area contributed by atoms with Crippen molar-refractivity contribution >= 4 is 18.1 Å². The molecular weight excluding hydrogens is 313 g/mol. The van der Waals surface area contributed by atoms with E-state index in [-0.39, 0.29) is 19.0 Å². The van der Waals surface area contributed by atoms with Crippen LogP contribution < -0.4 is 10.7 Å². The molecule has 2 N–H and O–H groups in total. The zero-order chi connectivity index (χ0) is 16.4. The van der Waals surface area contributed by atoms with Crippen LogP contribution in [-0.4, -0.2) is 34.6 Å². The first-order valence-electron chi connectivity index (χ1n) is 6.56. The van der Waals surface area contributed by atoms with Crippen molar-refractivity contribution < 1.29 is 18.0 Å². The van der Waals surface area contributed by atoms with E-state index in [1.807, 2.05) is 0 Å². The molecule has 0 atom stereocenters. The highest BCUT2D eigenvalue weighted by Crippen LogP contribution is 2.27. The van der Waals surface area contributed by atoms with Crippen LogP contribution in [0.25, 0.3) is 0 Å². The van der Waals surface area contributed by atoms with Gasteiger partial charge >= 0.3 is 6.18 Å². The smallest absolute Gasteiger partial charge is 0.320 e. The molecule has 1 aromatic heterocycles. The first kappa shape index (κ1) is 15.2. The third-order valence-corrected chi connectivity index (χ3v) is 3.07. The van der Waals surface area contributed by atoms with Crippen molar-refractivity contribution in [2.45, 2.75) is 12.7 Å². The van der Waals surface area contributed by atoms with Crippen LogP contribution in [0.1, 0.15) is 11.3 Å². The van der Waals surface area contributed by atoms with Gasteiger partial charge in [0.25, 0.3) is 0 Å². The Hall–Kier alpha value is -2.75. The van der Waals surface area contributed by atoms with Gasteiger partial charge in [-0.25, -0.2) is 15.4 Å². The van der Waals surface area contributed by atoms with Crippen LogP contribution in [0.5, 0.6) is 0 Å². The summed E-state index contributed by atoms with van der Waals surface area (Å²) in [5.41, 5.74) is 3.03. The largest absolute Gasteiger partial charge is 0.433 e. The highest BCUT2D eigenvalue weighted by molar-refractivity contribution is 6.09. The maximum Gasteiger partial charge on any atom is 0.433 e. The summed E-state index contributed by atoms with van der Waals surface area (Å²) in [6.45, 7) is 0.220. The van der Waals surface area contributed by atoms with E-state index in [2.05, 4.69) is 25.7 Å². The minimum absolute atomic E-state index is 0.000524. The summed E-state index contributed by atoms with van der Waals surface area (Å²) < 4.78 is 37.4. The molecule has 1 amide bonds. The molecule has 23 heavy (non-hydrogen) atoms. The predicted molar refractivity (Wildman–Crippen MR) is 74.9 cm³/mol. The molecular formula is C13H11F3N6O. The predicted octanol–water partition coefficient (Wildman–Crippen LogP) is 0.819. The van der Waals surface area contributed by atoms with Crippen LogP contribution in [0.4, 0.5) is 13.2 Å². The fourth-order valence-corrected chi connectivity index (χ4v) is 1.99. The van der Waals surface area contributed by atoms with E-state index < -0.39 is 11.9 Å². The number of hydrazine groups is 1. The lowest BCUT2D eigenvalue weighted by molar-refractivity contribution is -0.141. The number of halogens is 3. The number of aliphatic imine (C=N–C) groups is 2. The summed E-state index contributed by atoms with van der Waals surface area (Å²) >= 11 is 0. The number of carbonyl (C=O) groups is 1. The molecule has 3 heterocycles. The van der Waals surface area contributed by atoms with Gasteiger partial charge in [-0.3, -0.25) is 14.8 Å². The zero-order valence-corrected chi connectivity index (χ0v) is 11.6. The first-order valence-corrected chi connectivity index (χ1v) is 6.56. The fraction of sp³-hybridized carbons (Fsp3) is 0.231. The summed E-state index contributed by atoms with van der Waals surface area (Å²) in [4.78, 5) is 22.7. The van der Waals surface area contributed by atoms with Gasteiger partial charge in [0.2, 0.25) is 5.91 Å². The van der Waals surface area contributed by atoms with Crippen LogP contribution in [0, 0.1) is 0 Å². The third kappa shape index (κ3) is 3.37. The number of aromatic nitrogens is 1. The first-order chi connectivity index (χ1) is 10.9. The lowest BCUT2D eigenvalue weighted by atomic mass is 10.2. The van der Waals surface area contributed by atoms with Crippen LogP contribution in [0.3, 0.4) is 0 Å². The Kier molecular flexibility index (Phi) is 3.82. The number of hydrogen-bond acceptors (Lipinski definition) is 6. The number of nitrogens with one attached hydrogen (secondary N) is 2. The van der Waals surface area contributed by atoms with E-state index >= 15 is 0 Å². The second kappa shape index (κ2) is 5.80. The van der Waals surface area contributed by atoms with E-state index in [4.69, 9.17) is 0 Å². The number of amidine groups is 1. The molecule has 0 radical (unpaired) electrons. The van der Waals surface area contributed by atoms with Crippen molar-refractivity contribution in [2.24, 2.45) is 9.98 Å². The van der Waals surface area contributed by atoms with Crippen molar-refractivity contribution in [3.8, 4) is 0 Å². The third-order valence-electron chi connectivity index (χ3n) is 3.07. The molecule has 2 aliphatic rings. The number of rotatable bonds is 3. The number of nitrogens with zero attached hydrogens (tertiary/aromatic N) is 4. The molecule has 0 aromatic carbocycles. The van der Waals surface area contributed by atoms with Gasteiger partial charge in [-0.05, 0) is 11.6 Å². The number of carbonyl (C=O) groups excluding carboxylic acids is 1. The quantitative estimate of drug-likeness (QED) is 0.862. The topological polar surface area (TPSA) is 82.0 Å². The van der Waals surface area contributed by atoms with Crippen LogP contribution in [-0.2, 0) is 17.5 Å². The Morgan fingerprint density at radius 2 is 2.17 bits per heavy atom. The molecule has 0 bridgehead atoms. The minimum atomic E-state index is -4.46. The molecule has 0 spiro atoms. The zero-order valence-electron chi connectivity index (χ0n) is 11.6. The van der Waals surface area contributed by atoms with E-state index in [9.17, 15) is 18.0 Å². The molecule has 2 aliphatic heterocycles. The van der Waals surface area contributed by atoms with Gasteiger partial charge in [0, 0.05) is 12.7 Å². The van der Waals surface area contributed by atoms with Crippen molar-refractivity contribution in [1.82, 2.24) is 20.7 Å². The van der Waals surface area contributed by atoms with E-state index in [0.717, 1.165) is 12.3 Å². The Morgan fingerprint density at radius 1 is 1.35 bits per heavy atom. The van der Waals surface area contributed by atoms with Gasteiger partial charge < -0.3 is 5.32 Å². The lowest BCUT2D eigenvalue weighted by Crippen LogP contribution is -2.49. The maximum absolute atomic E-state index is 12.5. The van der Waals surface area contributed by atoms with Gasteiger partial charge in [0.05, 0.1) is 6.20 Å². The second-order valence-corrected chi connectivity index (χ2v) is 4.75. The van der Waals surface area contributed by atoms with Crippen molar-refractivity contribution in [3.63, 3.8) is 0 Å². The molecule has 0 aliphatic carbocycles. The fourth-order valence-electron chi connectivity index (χ4n) is 1.99. The summed E-state index contributed by atoms with van der Waals surface area (Å²) in [5.74, 6) is 0.253. The monoisotopic (exact) mass is 324 g/mol. The average Bonchev–Trinajstić information content (AvgIpc) is 2.52. The van der Waals surface area contributed by atoms with Crippen LogP contribution in [0.15, 0.2) is 40.2 Å². The average molecular weight is 324 g/mol. The summed E-state index contributed by atoms with van der Waals surface area (Å²) in [7, 11) is 0. The number of pyridine rings is 1. The molecule has 0 saturated carbocycles. The van der Waals surface area contributed by atoms with Crippen molar-refractivity contribution in [2.75, 3.05) is 6.54 Å². The molecule has 0 saturated heterocycles. The van der Waals surface area contributed by atoms with Gasteiger partial charge in [-0.2, -0.15) is 13.2 Å². The van der Waals surface area contributed by atoms with E-state index in [0.29, 0.717) is 17.1 Å². The van der Waals surface area contributed by atoms with E-state index in [1.54, 1.807) is 0 Å². The Labute approximate surface area is 128 Å². The maximum atomic E-state index is 12.5. The number of hydrogen-bond donors (Lipinski definition) is 2. The minimum Gasteiger partial charge on any atom is -0.320 e. The lowest BCUT2D eigenvalue weighted by Gasteiger charge is -2.28. The normalized spacial score (nSPS) is 17.3. The van der Waals surface area contributed by atoms with Gasteiger partial charge in [-0.15, -0.1) is 0 Å². The number of fused-ring (bicyclic) bond motifs is 1. The number of amides is 1. The molecule has 1 aromatic rings. The second-order valence-electron chi connectivity index (χ2n) is 4.75. The summed E-state index contributed by atoms with van der Waals surface area (Å²) in [6, 6.07) is 2.26. The SMILES string of the molecule is O=C1CN=C2C(=CN=CN2NCc2ccc(C(F)(F)F)nc2)N1. The molecule has 10 heteroatoms.